The maximum atomic E-state index is 4.17. The summed E-state index contributed by atoms with van der Waals surface area (Å²) in [7, 11) is 0. The van der Waals surface area contributed by atoms with E-state index in [0.29, 0.717) is 11.6 Å². The van der Waals surface area contributed by atoms with Gasteiger partial charge in [-0.1, -0.05) is 24.3 Å². The molecule has 7 nitrogen and oxygen atoms in total. The van der Waals surface area contributed by atoms with Gasteiger partial charge in [-0.05, 0) is 12.1 Å². The first-order valence-corrected chi connectivity index (χ1v) is 6.70. The highest BCUT2D eigenvalue weighted by molar-refractivity contribution is 6.10. The molecule has 0 atom stereocenters. The molecular formula is C15H11N7. The second kappa shape index (κ2) is 5.21. The Hall–Kier alpha value is -3.35. The summed E-state index contributed by atoms with van der Waals surface area (Å²) in [6.07, 6.45) is 5.11. The fraction of sp³-hybridized carbons (Fsp3) is 0. The fourth-order valence-electron chi connectivity index (χ4n) is 2.28. The molecule has 0 amide bonds. The molecule has 0 saturated heterocycles. The van der Waals surface area contributed by atoms with Crippen LogP contribution in [0.2, 0.25) is 0 Å². The van der Waals surface area contributed by atoms with E-state index < -0.39 is 0 Å². The zero-order valence-electron chi connectivity index (χ0n) is 11.4. The van der Waals surface area contributed by atoms with Crippen LogP contribution < -0.4 is 10.9 Å². The summed E-state index contributed by atoms with van der Waals surface area (Å²) in [5.41, 5.74) is 7.54. The van der Waals surface area contributed by atoms with Crippen LogP contribution in [-0.2, 0) is 0 Å². The first-order chi connectivity index (χ1) is 10.9. The molecule has 0 saturated carbocycles. The number of nitrogens with one attached hydrogen (secondary N) is 2. The number of anilines is 2. The Morgan fingerprint density at radius 1 is 1.09 bits per heavy atom. The van der Waals surface area contributed by atoms with Crippen molar-refractivity contribution in [3.05, 3.63) is 53.9 Å². The minimum absolute atomic E-state index is 0.588. The Balaban J connectivity index is 1.70. The van der Waals surface area contributed by atoms with E-state index in [9.17, 15) is 0 Å². The van der Waals surface area contributed by atoms with Crippen molar-refractivity contribution in [3.8, 4) is 0 Å². The maximum absolute atomic E-state index is 4.17. The molecule has 2 aromatic heterocycles. The smallest absolute Gasteiger partial charge is 0.177 e. The van der Waals surface area contributed by atoms with Gasteiger partial charge in [0.1, 0.15) is 0 Å². The first-order valence-electron chi connectivity index (χ1n) is 6.70. The minimum Gasteiger partial charge on any atom is -0.259 e. The van der Waals surface area contributed by atoms with Crippen LogP contribution in [-0.4, -0.2) is 27.6 Å². The van der Waals surface area contributed by atoms with E-state index in [4.69, 9.17) is 0 Å². The highest BCUT2D eigenvalue weighted by Crippen LogP contribution is 2.30. The lowest BCUT2D eigenvalue weighted by Crippen LogP contribution is -2.06. The van der Waals surface area contributed by atoms with Gasteiger partial charge in [-0.3, -0.25) is 15.8 Å². The Labute approximate surface area is 125 Å². The first kappa shape index (κ1) is 12.4. The number of pyridine rings is 1. The normalized spacial score (nSPS) is 12.5. The summed E-state index contributed by atoms with van der Waals surface area (Å²) in [4.78, 5) is 4.17. The molecule has 1 aliphatic rings. The van der Waals surface area contributed by atoms with Crippen molar-refractivity contribution < 1.29 is 0 Å². The van der Waals surface area contributed by atoms with Gasteiger partial charge in [0.05, 0.1) is 18.1 Å². The van der Waals surface area contributed by atoms with Crippen LogP contribution in [0.1, 0.15) is 11.3 Å². The van der Waals surface area contributed by atoms with Crippen molar-refractivity contribution in [2.24, 2.45) is 10.2 Å². The molecule has 106 valence electrons. The summed E-state index contributed by atoms with van der Waals surface area (Å²) in [5.74, 6) is 1.23. The van der Waals surface area contributed by atoms with E-state index in [0.717, 1.165) is 22.0 Å². The van der Waals surface area contributed by atoms with Crippen LogP contribution in [0.25, 0.3) is 10.8 Å². The largest absolute Gasteiger partial charge is 0.259 e. The van der Waals surface area contributed by atoms with Crippen molar-refractivity contribution in [1.29, 1.82) is 0 Å². The van der Waals surface area contributed by atoms with Crippen LogP contribution in [0.3, 0.4) is 0 Å². The molecule has 3 heterocycles. The van der Waals surface area contributed by atoms with E-state index in [1.807, 2.05) is 36.4 Å². The second-order valence-corrected chi connectivity index (χ2v) is 4.66. The van der Waals surface area contributed by atoms with Crippen molar-refractivity contribution >= 4 is 34.8 Å². The molecule has 0 unspecified atom stereocenters. The Morgan fingerprint density at radius 3 is 3.00 bits per heavy atom. The number of aromatic nitrogens is 3. The lowest BCUT2D eigenvalue weighted by Gasteiger charge is -2.13. The third-order valence-electron chi connectivity index (χ3n) is 3.27. The SMILES string of the molecule is C(=NNc1nnc2c3c(cccc13)C=NN2)c1ccccn1. The molecule has 0 fully saturated rings. The minimum atomic E-state index is 0.588. The molecule has 2 N–H and O–H groups in total. The summed E-state index contributed by atoms with van der Waals surface area (Å²) in [6.45, 7) is 0. The van der Waals surface area contributed by atoms with Gasteiger partial charge in [0, 0.05) is 22.5 Å². The van der Waals surface area contributed by atoms with Crippen LogP contribution in [0, 0.1) is 0 Å². The number of nitrogens with zero attached hydrogens (tertiary/aromatic N) is 5. The summed E-state index contributed by atoms with van der Waals surface area (Å²) in [6, 6.07) is 11.5. The molecule has 3 aromatic rings. The predicted octanol–water partition coefficient (Wildman–Crippen LogP) is 2.23. The average Bonchev–Trinajstić information content (AvgIpc) is 2.58. The maximum Gasteiger partial charge on any atom is 0.177 e. The van der Waals surface area contributed by atoms with Gasteiger partial charge >= 0.3 is 0 Å². The molecule has 7 heteroatoms. The standard InChI is InChI=1S/C15H11N7/c1-2-7-16-11(5-1)9-18-19-14-12-6-3-4-10-8-17-20-15(13(10)12)22-21-14/h1-9H,(H,19,21)(H,20,22). The molecule has 0 radical (unpaired) electrons. The van der Waals surface area contributed by atoms with Gasteiger partial charge in [-0.2, -0.15) is 10.2 Å². The monoisotopic (exact) mass is 289 g/mol. The van der Waals surface area contributed by atoms with E-state index >= 15 is 0 Å². The highest BCUT2D eigenvalue weighted by atomic mass is 15.4. The van der Waals surface area contributed by atoms with Crippen LogP contribution in [0.4, 0.5) is 11.6 Å². The van der Waals surface area contributed by atoms with Crippen molar-refractivity contribution in [2.45, 2.75) is 0 Å². The average molecular weight is 289 g/mol. The molecule has 4 rings (SSSR count). The Morgan fingerprint density at radius 2 is 2.09 bits per heavy atom. The Kier molecular flexibility index (Phi) is 2.93. The summed E-state index contributed by atoms with van der Waals surface area (Å²) >= 11 is 0. The molecule has 1 aliphatic heterocycles. The molecule has 0 spiro atoms. The van der Waals surface area contributed by atoms with Gasteiger partial charge in [-0.25, -0.2) is 0 Å². The lowest BCUT2D eigenvalue weighted by molar-refractivity contribution is 1.03. The van der Waals surface area contributed by atoms with Crippen LogP contribution in [0.15, 0.2) is 52.8 Å². The van der Waals surface area contributed by atoms with Crippen LogP contribution >= 0.6 is 0 Å². The van der Waals surface area contributed by atoms with Crippen molar-refractivity contribution in [2.75, 3.05) is 10.9 Å². The number of hydrogen-bond donors (Lipinski definition) is 2. The lowest BCUT2D eigenvalue weighted by atomic mass is 10.1. The molecule has 0 aliphatic carbocycles. The van der Waals surface area contributed by atoms with Crippen molar-refractivity contribution in [1.82, 2.24) is 15.2 Å². The summed E-state index contributed by atoms with van der Waals surface area (Å²) in [5, 5.41) is 18.4. The van der Waals surface area contributed by atoms with Crippen LogP contribution in [0.5, 0.6) is 0 Å². The summed E-state index contributed by atoms with van der Waals surface area (Å²) < 4.78 is 0. The molecular weight excluding hydrogens is 278 g/mol. The number of benzene rings is 1. The van der Waals surface area contributed by atoms with Gasteiger partial charge in [0.25, 0.3) is 0 Å². The van der Waals surface area contributed by atoms with E-state index in [2.05, 4.69) is 36.2 Å². The molecule has 0 bridgehead atoms. The number of rotatable bonds is 3. The fourth-order valence-corrected chi connectivity index (χ4v) is 2.28. The zero-order chi connectivity index (χ0) is 14.8. The quantitative estimate of drug-likeness (QED) is 0.570. The molecule has 22 heavy (non-hydrogen) atoms. The van der Waals surface area contributed by atoms with Gasteiger partial charge in [-0.15, -0.1) is 10.2 Å². The Bertz CT molecular complexity index is 887. The molecule has 1 aromatic carbocycles. The van der Waals surface area contributed by atoms with E-state index in [-0.39, 0.29) is 0 Å². The predicted molar refractivity (Wildman–Crippen MR) is 86.2 cm³/mol. The second-order valence-electron chi connectivity index (χ2n) is 4.66. The third-order valence-corrected chi connectivity index (χ3v) is 3.27. The van der Waals surface area contributed by atoms with Gasteiger partial charge in [0.2, 0.25) is 0 Å². The number of hydrazone groups is 2. The topological polar surface area (TPSA) is 87.5 Å². The van der Waals surface area contributed by atoms with Crippen molar-refractivity contribution in [3.63, 3.8) is 0 Å². The van der Waals surface area contributed by atoms with E-state index in [1.54, 1.807) is 18.6 Å². The third kappa shape index (κ3) is 2.14. The highest BCUT2D eigenvalue weighted by Gasteiger charge is 2.14. The zero-order valence-corrected chi connectivity index (χ0v) is 11.4. The number of hydrogen-bond acceptors (Lipinski definition) is 7. The van der Waals surface area contributed by atoms with E-state index in [1.165, 1.54) is 0 Å². The van der Waals surface area contributed by atoms with Gasteiger partial charge in [0.15, 0.2) is 11.6 Å². The van der Waals surface area contributed by atoms with Gasteiger partial charge < -0.3 is 0 Å².